The summed E-state index contributed by atoms with van der Waals surface area (Å²) < 4.78 is 5.73. The third-order valence-corrected chi connectivity index (χ3v) is 5.36. The molecule has 0 aliphatic carbocycles. The Morgan fingerprint density at radius 1 is 0.848 bits per heavy atom. The molecule has 1 aliphatic rings. The zero-order chi connectivity index (χ0) is 23.5. The van der Waals surface area contributed by atoms with Crippen LogP contribution in [-0.2, 0) is 16.1 Å². The molecule has 2 amide bonds. The maximum absolute atomic E-state index is 13.5. The Kier molecular flexibility index (Phi) is 6.31. The van der Waals surface area contributed by atoms with Crippen molar-refractivity contribution in [2.45, 2.75) is 40.3 Å². The van der Waals surface area contributed by atoms with Crippen molar-refractivity contribution in [3.05, 3.63) is 101 Å². The van der Waals surface area contributed by atoms with Gasteiger partial charge in [-0.2, -0.15) is 0 Å². The topological polar surface area (TPSA) is 58.6 Å². The molecule has 0 saturated heterocycles. The number of hydrogen-bond donors (Lipinski definition) is 1. The van der Waals surface area contributed by atoms with Crippen molar-refractivity contribution in [3.63, 3.8) is 0 Å². The van der Waals surface area contributed by atoms with Crippen LogP contribution in [0.4, 0.5) is 5.69 Å². The molecule has 0 atom stereocenters. The van der Waals surface area contributed by atoms with Crippen LogP contribution in [0.5, 0.6) is 5.75 Å². The predicted octanol–water partition coefficient (Wildman–Crippen LogP) is 5.48. The summed E-state index contributed by atoms with van der Waals surface area (Å²) in [7, 11) is 0. The molecule has 0 aromatic heterocycles. The summed E-state index contributed by atoms with van der Waals surface area (Å²) in [5.41, 5.74) is 5.16. The standard InChI is InChI=1S/C28H28N2O3/c1-18(2)33-24-12-10-22(11-13-24)25-26(29-23-15-19(3)14-20(4)16-23)28(32)30(27(25)31)17-21-8-6-5-7-9-21/h5-16,18,29H,17H2,1-4H3. The smallest absolute Gasteiger partial charge is 0.278 e. The minimum Gasteiger partial charge on any atom is -0.491 e. The van der Waals surface area contributed by atoms with Crippen molar-refractivity contribution in [2.24, 2.45) is 0 Å². The number of carbonyl (C=O) groups excluding carboxylic acids is 2. The van der Waals surface area contributed by atoms with Crippen molar-refractivity contribution in [1.29, 1.82) is 0 Å². The van der Waals surface area contributed by atoms with E-state index in [9.17, 15) is 9.59 Å². The van der Waals surface area contributed by atoms with Crippen LogP contribution in [0.3, 0.4) is 0 Å². The minimum atomic E-state index is -0.333. The summed E-state index contributed by atoms with van der Waals surface area (Å²) in [6.07, 6.45) is 0.0490. The van der Waals surface area contributed by atoms with Gasteiger partial charge in [0.2, 0.25) is 0 Å². The lowest BCUT2D eigenvalue weighted by Gasteiger charge is -2.15. The molecule has 0 saturated carbocycles. The molecule has 1 N–H and O–H groups in total. The van der Waals surface area contributed by atoms with Gasteiger partial charge < -0.3 is 10.1 Å². The van der Waals surface area contributed by atoms with Gasteiger partial charge in [-0.05, 0) is 74.2 Å². The molecule has 0 bridgehead atoms. The fourth-order valence-electron chi connectivity index (χ4n) is 4.03. The molecule has 4 rings (SSSR count). The first kappa shape index (κ1) is 22.3. The molecular formula is C28H28N2O3. The van der Waals surface area contributed by atoms with Crippen LogP contribution in [0, 0.1) is 13.8 Å². The van der Waals surface area contributed by atoms with E-state index < -0.39 is 0 Å². The second-order valence-electron chi connectivity index (χ2n) is 8.62. The summed E-state index contributed by atoms with van der Waals surface area (Å²) in [5, 5.41) is 3.25. The van der Waals surface area contributed by atoms with E-state index in [1.807, 2.05) is 94.4 Å². The molecule has 0 spiro atoms. The lowest BCUT2D eigenvalue weighted by molar-refractivity contribution is -0.137. The molecule has 5 heteroatoms. The fraction of sp³-hybridized carbons (Fsp3) is 0.214. The van der Waals surface area contributed by atoms with Crippen LogP contribution in [0.1, 0.15) is 36.1 Å². The number of carbonyl (C=O) groups is 2. The third-order valence-electron chi connectivity index (χ3n) is 5.36. The van der Waals surface area contributed by atoms with Gasteiger partial charge in [-0.25, -0.2) is 0 Å². The summed E-state index contributed by atoms with van der Waals surface area (Å²) in [6, 6.07) is 22.8. The fourth-order valence-corrected chi connectivity index (χ4v) is 4.03. The van der Waals surface area contributed by atoms with Crippen LogP contribution in [0.15, 0.2) is 78.5 Å². The monoisotopic (exact) mass is 440 g/mol. The number of benzene rings is 3. The second-order valence-corrected chi connectivity index (χ2v) is 8.62. The van der Waals surface area contributed by atoms with Gasteiger partial charge in [0.05, 0.1) is 18.2 Å². The number of ether oxygens (including phenoxy) is 1. The highest BCUT2D eigenvalue weighted by Gasteiger charge is 2.39. The van der Waals surface area contributed by atoms with E-state index in [0.717, 1.165) is 28.1 Å². The lowest BCUT2D eigenvalue weighted by Crippen LogP contribution is -2.32. The quantitative estimate of drug-likeness (QED) is 0.494. The van der Waals surface area contributed by atoms with Gasteiger partial charge >= 0.3 is 0 Å². The van der Waals surface area contributed by atoms with E-state index in [2.05, 4.69) is 11.4 Å². The maximum atomic E-state index is 13.5. The van der Waals surface area contributed by atoms with E-state index >= 15 is 0 Å². The van der Waals surface area contributed by atoms with Crippen LogP contribution in [-0.4, -0.2) is 22.8 Å². The molecule has 3 aromatic carbocycles. The molecule has 0 unspecified atom stereocenters. The molecular weight excluding hydrogens is 412 g/mol. The normalized spacial score (nSPS) is 13.8. The number of imide groups is 1. The Morgan fingerprint density at radius 3 is 2.09 bits per heavy atom. The van der Waals surface area contributed by atoms with Crippen LogP contribution < -0.4 is 10.1 Å². The molecule has 33 heavy (non-hydrogen) atoms. The number of hydrogen-bond acceptors (Lipinski definition) is 4. The average molecular weight is 441 g/mol. The summed E-state index contributed by atoms with van der Waals surface area (Å²) in [5.74, 6) is 0.0739. The molecule has 168 valence electrons. The molecule has 5 nitrogen and oxygen atoms in total. The Hall–Kier alpha value is -3.86. The average Bonchev–Trinajstić information content (AvgIpc) is 2.98. The summed E-state index contributed by atoms with van der Waals surface area (Å²) in [6.45, 7) is 8.15. The first-order valence-corrected chi connectivity index (χ1v) is 11.1. The molecule has 1 heterocycles. The SMILES string of the molecule is Cc1cc(C)cc(NC2=C(c3ccc(OC(C)C)cc3)C(=O)N(Cc3ccccc3)C2=O)c1. The van der Waals surface area contributed by atoms with Gasteiger partial charge in [-0.1, -0.05) is 48.5 Å². The van der Waals surface area contributed by atoms with E-state index in [4.69, 9.17) is 4.74 Å². The third kappa shape index (κ3) is 4.98. The first-order chi connectivity index (χ1) is 15.8. The molecule has 1 aliphatic heterocycles. The Labute approximate surface area is 194 Å². The lowest BCUT2D eigenvalue weighted by atomic mass is 10.0. The number of aryl methyl sites for hydroxylation is 2. The molecule has 3 aromatic rings. The summed E-state index contributed by atoms with van der Waals surface area (Å²) in [4.78, 5) is 28.2. The number of anilines is 1. The van der Waals surface area contributed by atoms with Crippen molar-refractivity contribution in [1.82, 2.24) is 4.90 Å². The first-order valence-electron chi connectivity index (χ1n) is 11.1. The molecule has 0 radical (unpaired) electrons. The van der Waals surface area contributed by atoms with Crippen molar-refractivity contribution in [3.8, 4) is 5.75 Å². The van der Waals surface area contributed by atoms with Crippen LogP contribution in [0.25, 0.3) is 5.57 Å². The van der Waals surface area contributed by atoms with E-state index in [0.29, 0.717) is 16.8 Å². The zero-order valence-electron chi connectivity index (χ0n) is 19.4. The van der Waals surface area contributed by atoms with Gasteiger partial charge in [0, 0.05) is 5.69 Å². The van der Waals surface area contributed by atoms with E-state index in [1.54, 1.807) is 0 Å². The van der Waals surface area contributed by atoms with Crippen LogP contribution >= 0.6 is 0 Å². The zero-order valence-corrected chi connectivity index (χ0v) is 19.4. The number of nitrogens with zero attached hydrogens (tertiary/aromatic N) is 1. The van der Waals surface area contributed by atoms with Crippen molar-refractivity contribution in [2.75, 3.05) is 5.32 Å². The minimum absolute atomic E-state index is 0.0490. The van der Waals surface area contributed by atoms with Gasteiger partial charge in [-0.15, -0.1) is 0 Å². The summed E-state index contributed by atoms with van der Waals surface area (Å²) >= 11 is 0. The Bertz CT molecular complexity index is 1190. The van der Waals surface area contributed by atoms with Gasteiger partial charge in [0.25, 0.3) is 11.8 Å². The highest BCUT2D eigenvalue weighted by molar-refractivity contribution is 6.36. The van der Waals surface area contributed by atoms with Crippen LogP contribution in [0.2, 0.25) is 0 Å². The van der Waals surface area contributed by atoms with E-state index in [-0.39, 0.29) is 24.5 Å². The predicted molar refractivity (Wildman–Crippen MR) is 131 cm³/mol. The van der Waals surface area contributed by atoms with Gasteiger partial charge in [0.15, 0.2) is 0 Å². The van der Waals surface area contributed by atoms with Gasteiger partial charge in [0.1, 0.15) is 11.4 Å². The largest absolute Gasteiger partial charge is 0.491 e. The van der Waals surface area contributed by atoms with Gasteiger partial charge in [-0.3, -0.25) is 14.5 Å². The number of rotatable bonds is 7. The van der Waals surface area contributed by atoms with Crippen molar-refractivity contribution >= 4 is 23.1 Å². The highest BCUT2D eigenvalue weighted by atomic mass is 16.5. The molecule has 0 fully saturated rings. The van der Waals surface area contributed by atoms with Crippen molar-refractivity contribution < 1.29 is 14.3 Å². The highest BCUT2D eigenvalue weighted by Crippen LogP contribution is 2.33. The Balaban J connectivity index is 1.73. The second kappa shape index (κ2) is 9.33. The Morgan fingerprint density at radius 2 is 1.48 bits per heavy atom. The number of nitrogens with one attached hydrogen (secondary N) is 1. The maximum Gasteiger partial charge on any atom is 0.278 e. The number of amides is 2. The van der Waals surface area contributed by atoms with E-state index in [1.165, 1.54) is 4.90 Å².